The van der Waals surface area contributed by atoms with Crippen molar-refractivity contribution < 1.29 is 14.4 Å². The minimum absolute atomic E-state index is 0.0989. The third kappa shape index (κ3) is 2.62. The zero-order valence-electron chi connectivity index (χ0n) is 15.6. The second-order valence-electron chi connectivity index (χ2n) is 7.18. The molecule has 0 atom stereocenters. The molecule has 0 unspecified atom stereocenters. The maximum absolute atomic E-state index is 13.4. The van der Waals surface area contributed by atoms with Gasteiger partial charge in [0.25, 0.3) is 11.8 Å². The predicted octanol–water partition coefficient (Wildman–Crippen LogP) is 3.35. The Hall–Kier alpha value is -3.05. The number of amides is 2. The van der Waals surface area contributed by atoms with Crippen LogP contribution in [0.3, 0.4) is 0 Å². The van der Waals surface area contributed by atoms with Crippen LogP contribution in [0.15, 0.2) is 42.5 Å². The summed E-state index contributed by atoms with van der Waals surface area (Å²) in [6, 6.07) is 12.9. The van der Waals surface area contributed by atoms with Crippen LogP contribution in [0.25, 0.3) is 21.5 Å². The minimum Gasteiger partial charge on any atom is -0.308 e. The number of carbonyl (C=O) groups is 3. The molecular formula is C22H20N2O3. The van der Waals surface area contributed by atoms with Crippen LogP contribution in [0.4, 0.5) is 0 Å². The molecule has 0 aliphatic carbocycles. The average Bonchev–Trinajstić information content (AvgIpc) is 2.63. The second-order valence-corrected chi connectivity index (χ2v) is 7.18. The molecule has 0 aromatic heterocycles. The molecule has 0 spiro atoms. The van der Waals surface area contributed by atoms with E-state index in [1.165, 1.54) is 11.8 Å². The molecule has 0 saturated carbocycles. The van der Waals surface area contributed by atoms with E-state index >= 15 is 0 Å². The number of nitrogens with zero attached hydrogens (tertiary/aromatic N) is 2. The molecule has 2 amide bonds. The first-order valence-corrected chi connectivity index (χ1v) is 8.90. The number of benzene rings is 3. The lowest BCUT2D eigenvalue weighted by Gasteiger charge is -2.29. The minimum atomic E-state index is -0.329. The molecule has 136 valence electrons. The molecule has 27 heavy (non-hydrogen) atoms. The van der Waals surface area contributed by atoms with Gasteiger partial charge in [-0.2, -0.15) is 0 Å². The van der Waals surface area contributed by atoms with Crippen LogP contribution in [0.2, 0.25) is 0 Å². The first-order valence-electron chi connectivity index (χ1n) is 8.90. The van der Waals surface area contributed by atoms with Gasteiger partial charge >= 0.3 is 0 Å². The highest BCUT2D eigenvalue weighted by atomic mass is 16.2. The van der Waals surface area contributed by atoms with Crippen molar-refractivity contribution in [3.05, 3.63) is 59.2 Å². The number of carbonyl (C=O) groups excluding carboxylic acids is 3. The van der Waals surface area contributed by atoms with Crippen LogP contribution >= 0.6 is 0 Å². The van der Waals surface area contributed by atoms with Crippen LogP contribution < -0.4 is 0 Å². The summed E-state index contributed by atoms with van der Waals surface area (Å²) in [6.45, 7) is 2.38. The van der Waals surface area contributed by atoms with E-state index in [4.69, 9.17) is 0 Å². The van der Waals surface area contributed by atoms with E-state index in [0.717, 1.165) is 10.8 Å². The maximum Gasteiger partial charge on any atom is 0.262 e. The summed E-state index contributed by atoms with van der Waals surface area (Å²) in [7, 11) is 3.80. The lowest BCUT2D eigenvalue weighted by molar-refractivity contribution is 0.0602. The van der Waals surface area contributed by atoms with Gasteiger partial charge in [-0.05, 0) is 43.9 Å². The molecule has 5 heteroatoms. The number of hydrogen-bond donors (Lipinski definition) is 0. The van der Waals surface area contributed by atoms with Crippen molar-refractivity contribution in [2.75, 3.05) is 27.2 Å². The topological polar surface area (TPSA) is 57.7 Å². The van der Waals surface area contributed by atoms with Gasteiger partial charge in [-0.25, -0.2) is 0 Å². The molecule has 0 saturated heterocycles. The Balaban J connectivity index is 2.09. The van der Waals surface area contributed by atoms with Crippen molar-refractivity contribution in [3.8, 4) is 0 Å². The summed E-state index contributed by atoms with van der Waals surface area (Å²) < 4.78 is 0. The van der Waals surface area contributed by atoms with Crippen molar-refractivity contribution in [2.45, 2.75) is 6.92 Å². The van der Waals surface area contributed by atoms with Gasteiger partial charge in [0, 0.05) is 35.0 Å². The van der Waals surface area contributed by atoms with Crippen LogP contribution in [-0.2, 0) is 0 Å². The zero-order valence-corrected chi connectivity index (χ0v) is 15.6. The van der Waals surface area contributed by atoms with E-state index in [0.29, 0.717) is 40.6 Å². The third-order valence-electron chi connectivity index (χ3n) is 5.09. The van der Waals surface area contributed by atoms with Crippen molar-refractivity contribution >= 4 is 39.1 Å². The largest absolute Gasteiger partial charge is 0.308 e. The number of Topliss-reactive ketones (excluding diaryl/α,β-unsaturated/α-hetero) is 1. The van der Waals surface area contributed by atoms with Gasteiger partial charge in [-0.3, -0.25) is 19.3 Å². The highest BCUT2D eigenvalue weighted by Gasteiger charge is 2.34. The molecule has 0 N–H and O–H groups in total. The van der Waals surface area contributed by atoms with Crippen molar-refractivity contribution in [1.29, 1.82) is 0 Å². The molecule has 3 aromatic rings. The predicted molar refractivity (Wildman–Crippen MR) is 105 cm³/mol. The summed E-state index contributed by atoms with van der Waals surface area (Å²) in [6.07, 6.45) is 0. The van der Waals surface area contributed by atoms with Crippen molar-refractivity contribution in [3.63, 3.8) is 0 Å². The van der Waals surface area contributed by atoms with Gasteiger partial charge in [-0.15, -0.1) is 0 Å². The SMILES string of the molecule is CC(=O)c1cccc2cc3cccc4c3c(c12)C(=O)N(CCN(C)C)C4=O. The second kappa shape index (κ2) is 6.28. The Morgan fingerprint density at radius 2 is 1.63 bits per heavy atom. The maximum atomic E-state index is 13.4. The number of ketones is 1. The zero-order chi connectivity index (χ0) is 19.3. The van der Waals surface area contributed by atoms with Crippen LogP contribution in [0.1, 0.15) is 38.0 Å². The lowest BCUT2D eigenvalue weighted by Crippen LogP contribution is -2.43. The highest BCUT2D eigenvalue weighted by molar-refractivity contribution is 6.32. The normalized spacial score (nSPS) is 13.9. The Labute approximate surface area is 157 Å². The number of fused-ring (bicyclic) bond motifs is 2. The number of imide groups is 1. The van der Waals surface area contributed by atoms with E-state index < -0.39 is 0 Å². The number of rotatable bonds is 4. The monoisotopic (exact) mass is 360 g/mol. The van der Waals surface area contributed by atoms with Gasteiger partial charge in [0.2, 0.25) is 0 Å². The van der Waals surface area contributed by atoms with Crippen molar-refractivity contribution in [1.82, 2.24) is 9.80 Å². The Bertz CT molecular complexity index is 1130. The Morgan fingerprint density at radius 1 is 0.963 bits per heavy atom. The van der Waals surface area contributed by atoms with Crippen LogP contribution in [0.5, 0.6) is 0 Å². The summed E-state index contributed by atoms with van der Waals surface area (Å²) in [5.74, 6) is -0.706. The summed E-state index contributed by atoms with van der Waals surface area (Å²) >= 11 is 0. The summed E-state index contributed by atoms with van der Waals surface area (Å²) in [5, 5.41) is 2.95. The molecule has 3 aromatic carbocycles. The van der Waals surface area contributed by atoms with Gasteiger partial charge < -0.3 is 4.90 Å². The molecule has 0 bridgehead atoms. The Kier molecular flexibility index (Phi) is 4.04. The third-order valence-corrected chi connectivity index (χ3v) is 5.09. The highest BCUT2D eigenvalue weighted by Crippen LogP contribution is 2.37. The lowest BCUT2D eigenvalue weighted by atomic mass is 9.87. The summed E-state index contributed by atoms with van der Waals surface area (Å²) in [5.41, 5.74) is 1.48. The first-order chi connectivity index (χ1) is 12.9. The standard InChI is InChI=1S/C22H20N2O3/c1-13(25)16-8-4-6-14-12-15-7-5-9-17-19(15)20(18(14)16)22(27)24(21(17)26)11-10-23(2)3/h4-9,12H,10-11H2,1-3H3. The summed E-state index contributed by atoms with van der Waals surface area (Å²) in [4.78, 5) is 41.9. The molecule has 1 heterocycles. The van der Waals surface area contributed by atoms with Crippen LogP contribution in [0, 0.1) is 0 Å². The van der Waals surface area contributed by atoms with E-state index in [1.807, 2.05) is 49.3 Å². The van der Waals surface area contributed by atoms with Gasteiger partial charge in [-0.1, -0.05) is 30.3 Å². The molecule has 0 fully saturated rings. The molecule has 4 rings (SSSR count). The van der Waals surface area contributed by atoms with Gasteiger partial charge in [0.15, 0.2) is 5.78 Å². The van der Waals surface area contributed by atoms with E-state index in [-0.39, 0.29) is 17.6 Å². The van der Waals surface area contributed by atoms with E-state index in [2.05, 4.69) is 0 Å². The smallest absolute Gasteiger partial charge is 0.262 e. The van der Waals surface area contributed by atoms with Gasteiger partial charge in [0.1, 0.15) is 0 Å². The number of likely N-dealkylation sites (N-methyl/N-ethyl adjacent to an activating group) is 1. The fraction of sp³-hybridized carbons (Fsp3) is 0.227. The number of hydrogen-bond acceptors (Lipinski definition) is 4. The average molecular weight is 360 g/mol. The Morgan fingerprint density at radius 3 is 2.30 bits per heavy atom. The first kappa shape index (κ1) is 17.4. The van der Waals surface area contributed by atoms with E-state index in [9.17, 15) is 14.4 Å². The molecule has 1 aliphatic heterocycles. The fourth-order valence-electron chi connectivity index (χ4n) is 3.79. The molecular weight excluding hydrogens is 340 g/mol. The quantitative estimate of drug-likeness (QED) is 0.407. The van der Waals surface area contributed by atoms with Crippen LogP contribution in [-0.4, -0.2) is 54.6 Å². The molecule has 0 radical (unpaired) electrons. The fourth-order valence-corrected chi connectivity index (χ4v) is 3.79. The molecule has 1 aliphatic rings. The van der Waals surface area contributed by atoms with Crippen molar-refractivity contribution in [2.24, 2.45) is 0 Å². The molecule has 5 nitrogen and oxygen atoms in total. The van der Waals surface area contributed by atoms with Gasteiger partial charge in [0.05, 0.1) is 5.56 Å². The van der Waals surface area contributed by atoms with E-state index in [1.54, 1.807) is 12.1 Å².